The van der Waals surface area contributed by atoms with Gasteiger partial charge in [0.25, 0.3) is 11.5 Å². The number of aliphatic hydroxyl groups is 1. The fourth-order valence-corrected chi connectivity index (χ4v) is 8.95. The number of fused-ring (bicyclic) bond motifs is 1. The van der Waals surface area contributed by atoms with E-state index in [0.717, 1.165) is 34.7 Å². The molecule has 1 aromatic carbocycles. The number of thiazole rings is 1. The monoisotopic (exact) mass is 705 g/mol. The number of piperidine rings is 2. The first kappa shape index (κ1) is 33.5. The number of hydrogen-bond donors (Lipinski definition) is 1. The Morgan fingerprint density at radius 2 is 1.75 bits per heavy atom. The molecule has 0 spiro atoms. The first-order valence-electron chi connectivity index (χ1n) is 18.0. The van der Waals surface area contributed by atoms with E-state index in [1.165, 1.54) is 22.3 Å². The maximum atomic E-state index is 14.2. The highest BCUT2D eigenvalue weighted by molar-refractivity contribution is 7.17. The Balaban J connectivity index is 0.951. The summed E-state index contributed by atoms with van der Waals surface area (Å²) in [5, 5.41) is 13.0. The molecule has 0 radical (unpaired) electrons. The molecule has 0 unspecified atom stereocenters. The van der Waals surface area contributed by atoms with Crippen LogP contribution in [0.25, 0.3) is 21.6 Å². The molecule has 6 heterocycles. The first-order valence-corrected chi connectivity index (χ1v) is 18.8. The van der Waals surface area contributed by atoms with Crippen molar-refractivity contribution < 1.29 is 14.7 Å². The van der Waals surface area contributed by atoms with E-state index < -0.39 is 5.60 Å². The first-order chi connectivity index (χ1) is 24.7. The van der Waals surface area contributed by atoms with Gasteiger partial charge < -0.3 is 19.5 Å². The molecule has 51 heavy (non-hydrogen) atoms. The van der Waals surface area contributed by atoms with Crippen LogP contribution in [-0.4, -0.2) is 82.6 Å². The average molecular weight is 706 g/mol. The van der Waals surface area contributed by atoms with E-state index in [0.29, 0.717) is 73.1 Å². The normalized spacial score (nSPS) is 20.8. The van der Waals surface area contributed by atoms with Crippen LogP contribution in [0.5, 0.6) is 0 Å². The van der Waals surface area contributed by atoms with Crippen LogP contribution in [0.4, 0.5) is 0 Å². The summed E-state index contributed by atoms with van der Waals surface area (Å²) in [6, 6.07) is 16.2. The molecule has 3 aliphatic rings. The maximum absolute atomic E-state index is 14.2. The molecule has 8 rings (SSSR count). The predicted molar refractivity (Wildman–Crippen MR) is 196 cm³/mol. The van der Waals surface area contributed by atoms with Crippen LogP contribution in [0, 0.1) is 19.8 Å². The number of likely N-dealkylation sites (tertiary alicyclic amines) is 2. The van der Waals surface area contributed by atoms with Gasteiger partial charge in [0.1, 0.15) is 21.9 Å². The molecule has 1 aliphatic carbocycles. The third-order valence-corrected chi connectivity index (χ3v) is 12.4. The third-order valence-electron chi connectivity index (χ3n) is 11.2. The smallest absolute Gasteiger partial charge is 0.265 e. The number of benzene rings is 1. The van der Waals surface area contributed by atoms with Gasteiger partial charge in [-0.05, 0) is 76.1 Å². The lowest BCUT2D eigenvalue weighted by molar-refractivity contribution is -0.142. The number of pyridine rings is 1. The Morgan fingerprint density at radius 3 is 2.45 bits per heavy atom. The van der Waals surface area contributed by atoms with E-state index in [4.69, 9.17) is 4.98 Å². The standard InChI is InChI=1S/C39H43N7O4S/c1-25-11-12-28(21-40-25)35-42-26(2)33(51-35)38(49)44-17-13-30(32(22-44)27-7-4-3-5-8-27)36(47)43-19-15-39(50,16-20-43)23-45-24-41-34-31(37(45)48)14-18-46(34)29-9-6-10-29/h3-5,7-8,11-12,14,18,21,24,29-30,32,50H,6,9-10,13,15-17,19-20,22-23H2,1-2H3/t30-,32+/m1/s1. The Morgan fingerprint density at radius 1 is 0.961 bits per heavy atom. The van der Waals surface area contributed by atoms with E-state index in [2.05, 4.69) is 14.5 Å². The molecule has 0 bridgehead atoms. The van der Waals surface area contributed by atoms with E-state index in [1.54, 1.807) is 12.5 Å². The summed E-state index contributed by atoms with van der Waals surface area (Å²) < 4.78 is 3.63. The van der Waals surface area contributed by atoms with Crippen molar-refractivity contribution in [3.8, 4) is 10.6 Å². The molecule has 264 valence electrons. The number of aromatic nitrogens is 5. The molecule has 2 atom stereocenters. The predicted octanol–water partition coefficient (Wildman–Crippen LogP) is 5.36. The van der Waals surface area contributed by atoms with Gasteiger partial charge in [-0.3, -0.25) is 23.9 Å². The van der Waals surface area contributed by atoms with Crippen LogP contribution in [0.15, 0.2) is 72.0 Å². The van der Waals surface area contributed by atoms with Gasteiger partial charge in [-0.1, -0.05) is 30.3 Å². The SMILES string of the molecule is Cc1ccc(-c2nc(C)c(C(=O)N3CC[C@@H](C(=O)N4CCC(O)(Cn5cnc6c(ccn6C6CCC6)c5=O)CC4)[C@H](c4ccccc4)C3)s2)cn1. The van der Waals surface area contributed by atoms with Crippen LogP contribution in [0.3, 0.4) is 0 Å². The summed E-state index contributed by atoms with van der Waals surface area (Å²) in [5.74, 6) is -0.476. The van der Waals surface area contributed by atoms with Gasteiger partial charge >= 0.3 is 0 Å². The quantitative estimate of drug-likeness (QED) is 0.242. The van der Waals surface area contributed by atoms with Crippen molar-refractivity contribution in [3.63, 3.8) is 0 Å². The Labute approximate surface area is 300 Å². The zero-order valence-electron chi connectivity index (χ0n) is 29.1. The van der Waals surface area contributed by atoms with Crippen LogP contribution < -0.4 is 5.56 Å². The summed E-state index contributed by atoms with van der Waals surface area (Å²) in [5.41, 5.74) is 2.97. The minimum absolute atomic E-state index is 0.0544. The molecular weight excluding hydrogens is 663 g/mol. The zero-order chi connectivity index (χ0) is 35.3. The van der Waals surface area contributed by atoms with Gasteiger partial charge in [0.05, 0.1) is 23.2 Å². The molecule has 2 amide bonds. The second-order valence-electron chi connectivity index (χ2n) is 14.6. The van der Waals surface area contributed by atoms with Gasteiger partial charge in [0.2, 0.25) is 5.91 Å². The van der Waals surface area contributed by atoms with E-state index in [9.17, 15) is 19.5 Å². The molecular formula is C39H43N7O4S. The summed E-state index contributed by atoms with van der Waals surface area (Å²) in [7, 11) is 0. The summed E-state index contributed by atoms with van der Waals surface area (Å²) >= 11 is 1.39. The summed E-state index contributed by atoms with van der Waals surface area (Å²) in [6.45, 7) is 5.64. The van der Waals surface area contributed by atoms with Crippen LogP contribution in [0.2, 0.25) is 0 Å². The van der Waals surface area contributed by atoms with E-state index in [-0.39, 0.29) is 35.8 Å². The van der Waals surface area contributed by atoms with Crippen molar-refractivity contribution in [2.75, 3.05) is 26.2 Å². The fraction of sp³-hybridized carbons (Fsp3) is 0.436. The van der Waals surface area contributed by atoms with Crippen molar-refractivity contribution in [2.24, 2.45) is 5.92 Å². The highest BCUT2D eigenvalue weighted by Gasteiger charge is 2.42. The molecule has 2 saturated heterocycles. The van der Waals surface area contributed by atoms with Gasteiger partial charge in [-0.15, -0.1) is 11.3 Å². The van der Waals surface area contributed by atoms with Crippen LogP contribution in [-0.2, 0) is 11.3 Å². The largest absolute Gasteiger partial charge is 0.388 e. The lowest BCUT2D eigenvalue weighted by Crippen LogP contribution is -2.53. The van der Waals surface area contributed by atoms with Crippen LogP contribution in [0.1, 0.15) is 77.1 Å². The summed E-state index contributed by atoms with van der Waals surface area (Å²) in [4.78, 5) is 59.7. The van der Waals surface area contributed by atoms with E-state index >= 15 is 0 Å². The highest BCUT2D eigenvalue weighted by atomic mass is 32.1. The number of carbonyl (C=O) groups is 2. The van der Waals surface area contributed by atoms with Crippen molar-refractivity contribution in [1.82, 2.24) is 33.9 Å². The topological polar surface area (TPSA) is 126 Å². The molecule has 3 fully saturated rings. The lowest BCUT2D eigenvalue weighted by atomic mass is 9.79. The minimum atomic E-state index is -1.12. The Kier molecular flexibility index (Phi) is 8.83. The number of rotatable bonds is 7. The highest BCUT2D eigenvalue weighted by Crippen LogP contribution is 2.38. The molecule has 1 N–H and O–H groups in total. The second-order valence-corrected chi connectivity index (χ2v) is 15.6. The average Bonchev–Trinajstić information content (AvgIpc) is 3.73. The number of hydrogen-bond acceptors (Lipinski definition) is 8. The lowest BCUT2D eigenvalue weighted by Gasteiger charge is -2.43. The second kappa shape index (κ2) is 13.5. The van der Waals surface area contributed by atoms with Crippen molar-refractivity contribution in [1.29, 1.82) is 0 Å². The summed E-state index contributed by atoms with van der Waals surface area (Å²) in [6.07, 6.45) is 9.98. The van der Waals surface area contributed by atoms with Crippen LogP contribution >= 0.6 is 11.3 Å². The van der Waals surface area contributed by atoms with E-state index in [1.807, 2.05) is 78.4 Å². The minimum Gasteiger partial charge on any atom is -0.388 e. The molecule has 4 aromatic heterocycles. The molecule has 12 heteroatoms. The molecule has 5 aromatic rings. The van der Waals surface area contributed by atoms with Gasteiger partial charge in [-0.2, -0.15) is 0 Å². The Bertz CT molecular complexity index is 2130. The van der Waals surface area contributed by atoms with Crippen molar-refractivity contribution in [3.05, 3.63) is 99.4 Å². The van der Waals surface area contributed by atoms with Gasteiger partial charge in [-0.25, -0.2) is 9.97 Å². The molecule has 2 aliphatic heterocycles. The van der Waals surface area contributed by atoms with Crippen molar-refractivity contribution >= 4 is 34.2 Å². The van der Waals surface area contributed by atoms with Gasteiger partial charge in [0, 0.05) is 67.7 Å². The Hall–Kier alpha value is -4.68. The number of aryl methyl sites for hydroxylation is 2. The zero-order valence-corrected chi connectivity index (χ0v) is 29.9. The molecule has 1 saturated carbocycles. The number of amides is 2. The maximum Gasteiger partial charge on any atom is 0.265 e. The molecule has 11 nitrogen and oxygen atoms in total. The number of carbonyl (C=O) groups excluding carboxylic acids is 2. The number of nitrogens with zero attached hydrogens (tertiary/aromatic N) is 7. The van der Waals surface area contributed by atoms with Gasteiger partial charge in [0.15, 0.2) is 0 Å². The third kappa shape index (κ3) is 6.40. The van der Waals surface area contributed by atoms with Crippen molar-refractivity contribution in [2.45, 2.75) is 76.5 Å². The fourth-order valence-electron chi connectivity index (χ4n) is 7.93.